The van der Waals surface area contributed by atoms with Gasteiger partial charge in [0.1, 0.15) is 6.54 Å². The summed E-state index contributed by atoms with van der Waals surface area (Å²) >= 11 is 0. The molecule has 1 atom stereocenters. The fourth-order valence-electron chi connectivity index (χ4n) is 3.53. The van der Waals surface area contributed by atoms with Gasteiger partial charge in [0.25, 0.3) is 5.91 Å². The van der Waals surface area contributed by atoms with Gasteiger partial charge in [-0.3, -0.25) is 14.6 Å². The first kappa shape index (κ1) is 17.2. The van der Waals surface area contributed by atoms with Crippen molar-refractivity contribution < 1.29 is 9.59 Å². The molecule has 0 aliphatic carbocycles. The molecule has 0 bridgehead atoms. The Morgan fingerprint density at radius 1 is 1.07 bits per heavy atom. The topological polar surface area (TPSA) is 53.5 Å². The standard InChI is InChI=1S/C22H21N3O2/c1-15-7-9-17(10-8-15)25-13-16(2)24(14-21(25)26)22(27)19-11-12-23-20-6-4-3-5-18(19)20/h3-12,16H,13-14H2,1-2H3/t16-/m0/s1. The van der Waals surface area contributed by atoms with E-state index in [9.17, 15) is 9.59 Å². The number of piperazine rings is 1. The Bertz CT molecular complexity index is 1010. The maximum atomic E-state index is 13.2. The van der Waals surface area contributed by atoms with Gasteiger partial charge in [-0.25, -0.2) is 0 Å². The number of amides is 2. The number of aromatic nitrogens is 1. The number of para-hydroxylation sites is 1. The van der Waals surface area contributed by atoms with Gasteiger partial charge in [-0.1, -0.05) is 35.9 Å². The first-order chi connectivity index (χ1) is 13.0. The third kappa shape index (κ3) is 3.16. The van der Waals surface area contributed by atoms with Gasteiger partial charge in [0, 0.05) is 29.9 Å². The van der Waals surface area contributed by atoms with Crippen LogP contribution in [-0.2, 0) is 4.79 Å². The first-order valence-corrected chi connectivity index (χ1v) is 9.06. The molecule has 2 aromatic carbocycles. The highest BCUT2D eigenvalue weighted by Gasteiger charge is 2.34. The van der Waals surface area contributed by atoms with E-state index in [1.54, 1.807) is 22.1 Å². The van der Waals surface area contributed by atoms with Gasteiger partial charge >= 0.3 is 0 Å². The maximum Gasteiger partial charge on any atom is 0.255 e. The van der Waals surface area contributed by atoms with E-state index >= 15 is 0 Å². The van der Waals surface area contributed by atoms with Crippen LogP contribution in [0.15, 0.2) is 60.8 Å². The molecule has 2 amide bonds. The minimum Gasteiger partial charge on any atom is -0.325 e. The number of carbonyl (C=O) groups is 2. The maximum absolute atomic E-state index is 13.2. The molecule has 0 unspecified atom stereocenters. The Kier molecular flexibility index (Phi) is 4.36. The molecule has 0 radical (unpaired) electrons. The minimum absolute atomic E-state index is 0.0661. The highest BCUT2D eigenvalue weighted by Crippen LogP contribution is 2.24. The molecule has 27 heavy (non-hydrogen) atoms. The number of hydrogen-bond acceptors (Lipinski definition) is 3. The molecule has 3 aromatic rings. The fourth-order valence-corrected chi connectivity index (χ4v) is 3.53. The number of carbonyl (C=O) groups excluding carboxylic acids is 2. The number of fused-ring (bicyclic) bond motifs is 1. The van der Waals surface area contributed by atoms with Crippen molar-refractivity contribution >= 4 is 28.4 Å². The summed E-state index contributed by atoms with van der Waals surface area (Å²) < 4.78 is 0. The van der Waals surface area contributed by atoms with E-state index < -0.39 is 0 Å². The third-order valence-electron chi connectivity index (χ3n) is 5.07. The van der Waals surface area contributed by atoms with Gasteiger partial charge in [-0.05, 0) is 38.1 Å². The number of hydrogen-bond donors (Lipinski definition) is 0. The second kappa shape index (κ2) is 6.83. The molecule has 0 saturated carbocycles. The summed E-state index contributed by atoms with van der Waals surface area (Å²) in [7, 11) is 0. The molecular formula is C22H21N3O2. The van der Waals surface area contributed by atoms with E-state index in [1.165, 1.54) is 0 Å². The monoisotopic (exact) mass is 359 g/mol. The molecule has 1 fully saturated rings. The zero-order valence-corrected chi connectivity index (χ0v) is 15.4. The van der Waals surface area contributed by atoms with Crippen molar-refractivity contribution in [2.24, 2.45) is 0 Å². The lowest BCUT2D eigenvalue weighted by Crippen LogP contribution is -2.57. The van der Waals surface area contributed by atoms with Gasteiger partial charge in [0.05, 0.1) is 11.1 Å². The lowest BCUT2D eigenvalue weighted by atomic mass is 10.1. The normalized spacial score (nSPS) is 17.4. The van der Waals surface area contributed by atoms with E-state index in [4.69, 9.17) is 0 Å². The van der Waals surface area contributed by atoms with Crippen molar-refractivity contribution in [3.63, 3.8) is 0 Å². The summed E-state index contributed by atoms with van der Waals surface area (Å²) in [4.78, 5) is 33.7. The van der Waals surface area contributed by atoms with Crippen molar-refractivity contribution in [3.8, 4) is 0 Å². The van der Waals surface area contributed by atoms with Crippen LogP contribution in [0.3, 0.4) is 0 Å². The van der Waals surface area contributed by atoms with Crippen LogP contribution in [0, 0.1) is 6.92 Å². The minimum atomic E-state index is -0.127. The third-order valence-corrected chi connectivity index (χ3v) is 5.07. The van der Waals surface area contributed by atoms with E-state index in [0.717, 1.165) is 22.2 Å². The zero-order valence-electron chi connectivity index (χ0n) is 15.4. The van der Waals surface area contributed by atoms with Crippen LogP contribution in [0.5, 0.6) is 0 Å². The molecule has 4 rings (SSSR count). The Morgan fingerprint density at radius 2 is 1.81 bits per heavy atom. The van der Waals surface area contributed by atoms with Gasteiger partial charge in [-0.2, -0.15) is 0 Å². The molecular weight excluding hydrogens is 338 g/mol. The molecule has 0 N–H and O–H groups in total. The average molecular weight is 359 g/mol. The second-order valence-electron chi connectivity index (χ2n) is 7.00. The summed E-state index contributed by atoms with van der Waals surface area (Å²) in [5.74, 6) is -0.193. The SMILES string of the molecule is Cc1ccc(N2C[C@H](C)N(C(=O)c3ccnc4ccccc34)CC2=O)cc1. The van der Waals surface area contributed by atoms with Gasteiger partial charge in [0.15, 0.2) is 0 Å². The van der Waals surface area contributed by atoms with Gasteiger partial charge in [0.2, 0.25) is 5.91 Å². The quantitative estimate of drug-likeness (QED) is 0.704. The van der Waals surface area contributed by atoms with Crippen molar-refractivity contribution in [2.75, 3.05) is 18.0 Å². The Hall–Kier alpha value is -3.21. The summed E-state index contributed by atoms with van der Waals surface area (Å²) in [5.41, 5.74) is 3.39. The van der Waals surface area contributed by atoms with Crippen LogP contribution in [0.2, 0.25) is 0 Å². The van der Waals surface area contributed by atoms with Crippen molar-refractivity contribution in [3.05, 3.63) is 71.9 Å². The lowest BCUT2D eigenvalue weighted by Gasteiger charge is -2.39. The van der Waals surface area contributed by atoms with E-state index in [-0.39, 0.29) is 24.4 Å². The molecule has 1 aliphatic rings. The predicted molar refractivity (Wildman–Crippen MR) is 106 cm³/mol. The Balaban J connectivity index is 1.61. The molecule has 1 aromatic heterocycles. The molecule has 5 heteroatoms. The van der Waals surface area contributed by atoms with E-state index in [2.05, 4.69) is 4.98 Å². The number of anilines is 1. The van der Waals surface area contributed by atoms with Crippen LogP contribution in [0.1, 0.15) is 22.8 Å². The highest BCUT2D eigenvalue weighted by atomic mass is 16.2. The average Bonchev–Trinajstić information content (AvgIpc) is 2.69. The van der Waals surface area contributed by atoms with Gasteiger partial charge < -0.3 is 9.80 Å². The number of pyridine rings is 1. The van der Waals surface area contributed by atoms with E-state index in [1.807, 2.05) is 62.4 Å². The fraction of sp³-hybridized carbons (Fsp3) is 0.227. The molecule has 5 nitrogen and oxygen atoms in total. The lowest BCUT2D eigenvalue weighted by molar-refractivity contribution is -0.121. The van der Waals surface area contributed by atoms with Crippen LogP contribution in [0.25, 0.3) is 10.9 Å². The van der Waals surface area contributed by atoms with Crippen LogP contribution < -0.4 is 4.90 Å². The molecule has 0 spiro atoms. The molecule has 2 heterocycles. The summed E-state index contributed by atoms with van der Waals surface area (Å²) in [6.45, 7) is 4.56. The molecule has 136 valence electrons. The molecule has 1 saturated heterocycles. The summed E-state index contributed by atoms with van der Waals surface area (Å²) in [5, 5.41) is 0.811. The first-order valence-electron chi connectivity index (χ1n) is 9.06. The largest absolute Gasteiger partial charge is 0.325 e. The predicted octanol–water partition coefficient (Wildman–Crippen LogP) is 3.42. The number of aryl methyl sites for hydroxylation is 1. The number of nitrogens with zero attached hydrogens (tertiary/aromatic N) is 3. The second-order valence-corrected chi connectivity index (χ2v) is 7.00. The summed E-state index contributed by atoms with van der Waals surface area (Å²) in [6, 6.07) is 17.1. The van der Waals surface area contributed by atoms with E-state index in [0.29, 0.717) is 12.1 Å². The Labute approximate surface area is 158 Å². The van der Waals surface area contributed by atoms with Crippen LogP contribution >= 0.6 is 0 Å². The van der Waals surface area contributed by atoms with Crippen LogP contribution in [-0.4, -0.2) is 40.8 Å². The summed E-state index contributed by atoms with van der Waals surface area (Å²) in [6.07, 6.45) is 1.64. The van der Waals surface area contributed by atoms with Gasteiger partial charge in [-0.15, -0.1) is 0 Å². The van der Waals surface area contributed by atoms with Crippen molar-refractivity contribution in [1.29, 1.82) is 0 Å². The van der Waals surface area contributed by atoms with Crippen molar-refractivity contribution in [2.45, 2.75) is 19.9 Å². The van der Waals surface area contributed by atoms with Crippen molar-refractivity contribution in [1.82, 2.24) is 9.88 Å². The number of rotatable bonds is 2. The molecule has 1 aliphatic heterocycles. The smallest absolute Gasteiger partial charge is 0.255 e. The zero-order chi connectivity index (χ0) is 19.0. The Morgan fingerprint density at radius 3 is 2.59 bits per heavy atom. The highest BCUT2D eigenvalue weighted by molar-refractivity contribution is 6.08. The van der Waals surface area contributed by atoms with Crippen LogP contribution in [0.4, 0.5) is 5.69 Å². The number of benzene rings is 2.